The molecule has 1 atom stereocenters. The molecule has 0 bridgehead atoms. The summed E-state index contributed by atoms with van der Waals surface area (Å²) in [5.74, 6) is 0.956. The van der Waals surface area contributed by atoms with Crippen molar-refractivity contribution in [1.82, 2.24) is 19.9 Å². The van der Waals surface area contributed by atoms with Crippen molar-refractivity contribution in [3.63, 3.8) is 0 Å². The van der Waals surface area contributed by atoms with Crippen LogP contribution in [0.2, 0.25) is 0 Å². The van der Waals surface area contributed by atoms with E-state index in [2.05, 4.69) is 15.4 Å². The Morgan fingerprint density at radius 3 is 3.17 bits per heavy atom. The lowest BCUT2D eigenvalue weighted by atomic mass is 10.0. The Hall–Kier alpha value is -2.14. The van der Waals surface area contributed by atoms with Crippen molar-refractivity contribution >= 4 is 5.52 Å². The zero-order chi connectivity index (χ0) is 12.4. The van der Waals surface area contributed by atoms with Crippen molar-refractivity contribution in [1.29, 1.82) is 0 Å². The van der Waals surface area contributed by atoms with Gasteiger partial charge in [-0.05, 0) is 19.2 Å². The van der Waals surface area contributed by atoms with Crippen molar-refractivity contribution < 1.29 is 4.42 Å². The monoisotopic (exact) mass is 242 g/mol. The van der Waals surface area contributed by atoms with E-state index in [0.29, 0.717) is 0 Å². The molecule has 0 aromatic carbocycles. The van der Waals surface area contributed by atoms with Gasteiger partial charge in [0, 0.05) is 30.4 Å². The van der Waals surface area contributed by atoms with Gasteiger partial charge in [-0.3, -0.25) is 4.98 Å². The highest BCUT2D eigenvalue weighted by atomic mass is 16.3. The summed E-state index contributed by atoms with van der Waals surface area (Å²) in [6, 6.07) is 4.05. The van der Waals surface area contributed by atoms with Crippen molar-refractivity contribution in [3.8, 4) is 0 Å². The molecule has 0 fully saturated rings. The van der Waals surface area contributed by atoms with Crippen molar-refractivity contribution in [2.24, 2.45) is 0 Å². The third-order valence-electron chi connectivity index (χ3n) is 3.06. The molecular formula is C13H14N4O. The number of aromatic nitrogens is 3. The van der Waals surface area contributed by atoms with Crippen molar-refractivity contribution in [3.05, 3.63) is 54.5 Å². The summed E-state index contributed by atoms with van der Waals surface area (Å²) >= 11 is 0. The lowest BCUT2D eigenvalue weighted by Crippen LogP contribution is -2.18. The van der Waals surface area contributed by atoms with E-state index < -0.39 is 0 Å². The largest absolute Gasteiger partial charge is 0.469 e. The number of furan rings is 1. The molecule has 18 heavy (non-hydrogen) atoms. The highest BCUT2D eigenvalue weighted by Gasteiger charge is 2.16. The molecule has 3 aromatic heterocycles. The van der Waals surface area contributed by atoms with Gasteiger partial charge in [0.1, 0.15) is 5.76 Å². The summed E-state index contributed by atoms with van der Waals surface area (Å²) in [6.45, 7) is 0. The molecule has 0 saturated carbocycles. The van der Waals surface area contributed by atoms with E-state index in [1.807, 2.05) is 42.3 Å². The standard InChI is InChI=1S/C13H14N4O/c1-14-12(7-10-3-2-6-18-10)11-8-16-17-5-4-15-9-13(11)17/h2-6,8-9,12,14H,7H2,1H3. The molecule has 0 aliphatic carbocycles. The van der Waals surface area contributed by atoms with E-state index in [1.54, 1.807) is 12.5 Å². The van der Waals surface area contributed by atoms with Crippen LogP contribution in [0, 0.1) is 0 Å². The summed E-state index contributed by atoms with van der Waals surface area (Å²) in [6.07, 6.45) is 9.76. The van der Waals surface area contributed by atoms with Crippen LogP contribution in [0.1, 0.15) is 17.4 Å². The molecular weight excluding hydrogens is 228 g/mol. The Morgan fingerprint density at radius 1 is 1.44 bits per heavy atom. The van der Waals surface area contributed by atoms with Gasteiger partial charge in [0.15, 0.2) is 0 Å². The first-order valence-electron chi connectivity index (χ1n) is 5.85. The van der Waals surface area contributed by atoms with Crippen LogP contribution in [0.4, 0.5) is 0 Å². The van der Waals surface area contributed by atoms with Crippen molar-refractivity contribution in [2.75, 3.05) is 7.05 Å². The molecule has 0 radical (unpaired) electrons. The zero-order valence-corrected chi connectivity index (χ0v) is 10.1. The molecule has 0 amide bonds. The van der Waals surface area contributed by atoms with E-state index in [4.69, 9.17) is 4.42 Å². The quantitative estimate of drug-likeness (QED) is 0.758. The lowest BCUT2D eigenvalue weighted by Gasteiger charge is -2.13. The Bertz CT molecular complexity index is 629. The summed E-state index contributed by atoms with van der Waals surface area (Å²) < 4.78 is 7.22. The van der Waals surface area contributed by atoms with E-state index in [0.717, 1.165) is 23.3 Å². The SMILES string of the molecule is CNC(Cc1ccco1)c1cnn2ccncc12. The van der Waals surface area contributed by atoms with Crippen LogP contribution in [0.5, 0.6) is 0 Å². The van der Waals surface area contributed by atoms with E-state index in [-0.39, 0.29) is 6.04 Å². The number of likely N-dealkylation sites (N-methyl/N-ethyl adjacent to an activating group) is 1. The second-order valence-electron chi connectivity index (χ2n) is 4.13. The van der Waals surface area contributed by atoms with Gasteiger partial charge in [-0.25, -0.2) is 4.52 Å². The van der Waals surface area contributed by atoms with Gasteiger partial charge >= 0.3 is 0 Å². The van der Waals surface area contributed by atoms with E-state index in [1.165, 1.54) is 0 Å². The first-order chi connectivity index (χ1) is 8.88. The molecule has 3 rings (SSSR count). The molecule has 0 saturated heterocycles. The van der Waals surface area contributed by atoms with Crippen LogP contribution in [-0.4, -0.2) is 21.6 Å². The number of hydrogen-bond acceptors (Lipinski definition) is 4. The minimum atomic E-state index is 0.165. The fourth-order valence-electron chi connectivity index (χ4n) is 2.12. The number of fused-ring (bicyclic) bond motifs is 1. The lowest BCUT2D eigenvalue weighted by molar-refractivity contribution is 0.467. The van der Waals surface area contributed by atoms with Gasteiger partial charge < -0.3 is 9.73 Å². The van der Waals surface area contributed by atoms with Gasteiger partial charge in [0.05, 0.1) is 24.2 Å². The van der Waals surface area contributed by atoms with Crippen LogP contribution in [-0.2, 0) is 6.42 Å². The molecule has 1 unspecified atom stereocenters. The van der Waals surface area contributed by atoms with Crippen molar-refractivity contribution in [2.45, 2.75) is 12.5 Å². The molecule has 0 aliphatic rings. The molecule has 3 aromatic rings. The molecule has 3 heterocycles. The maximum Gasteiger partial charge on any atom is 0.105 e. The Kier molecular flexibility index (Phi) is 2.82. The minimum Gasteiger partial charge on any atom is -0.469 e. The van der Waals surface area contributed by atoms with Gasteiger partial charge in [-0.15, -0.1) is 0 Å². The van der Waals surface area contributed by atoms with Gasteiger partial charge in [0.2, 0.25) is 0 Å². The van der Waals surface area contributed by atoms with Gasteiger partial charge in [0.25, 0.3) is 0 Å². The topological polar surface area (TPSA) is 55.4 Å². The summed E-state index contributed by atoms with van der Waals surface area (Å²) in [5, 5.41) is 7.62. The maximum absolute atomic E-state index is 5.39. The molecule has 0 spiro atoms. The second-order valence-corrected chi connectivity index (χ2v) is 4.13. The second kappa shape index (κ2) is 4.62. The Morgan fingerprint density at radius 2 is 2.39 bits per heavy atom. The highest BCUT2D eigenvalue weighted by Crippen LogP contribution is 2.22. The third-order valence-corrected chi connectivity index (χ3v) is 3.06. The molecule has 0 aliphatic heterocycles. The van der Waals surface area contributed by atoms with Crippen LogP contribution in [0.25, 0.3) is 5.52 Å². The van der Waals surface area contributed by atoms with Crippen LogP contribution in [0.3, 0.4) is 0 Å². The average molecular weight is 242 g/mol. The van der Waals surface area contributed by atoms with Crippen LogP contribution in [0.15, 0.2) is 47.6 Å². The Labute approximate surface area is 104 Å². The molecule has 5 heteroatoms. The first-order valence-corrected chi connectivity index (χ1v) is 5.85. The Balaban J connectivity index is 1.96. The molecule has 1 N–H and O–H groups in total. The molecule has 92 valence electrons. The maximum atomic E-state index is 5.39. The van der Waals surface area contributed by atoms with Gasteiger partial charge in [-0.1, -0.05) is 0 Å². The summed E-state index contributed by atoms with van der Waals surface area (Å²) in [7, 11) is 1.94. The highest BCUT2D eigenvalue weighted by molar-refractivity contribution is 5.53. The van der Waals surface area contributed by atoms with Crippen LogP contribution >= 0.6 is 0 Å². The third kappa shape index (κ3) is 1.89. The number of nitrogens with one attached hydrogen (secondary N) is 1. The fourth-order valence-corrected chi connectivity index (χ4v) is 2.12. The first kappa shape index (κ1) is 11.0. The summed E-state index contributed by atoms with van der Waals surface area (Å²) in [4.78, 5) is 4.15. The number of rotatable bonds is 4. The number of hydrogen-bond donors (Lipinski definition) is 1. The number of nitrogens with zero attached hydrogens (tertiary/aromatic N) is 3. The van der Waals surface area contributed by atoms with E-state index >= 15 is 0 Å². The predicted octanol–water partition coefficient (Wildman–Crippen LogP) is 1.83. The fraction of sp³-hybridized carbons (Fsp3) is 0.231. The summed E-state index contributed by atoms with van der Waals surface area (Å²) in [5.41, 5.74) is 2.14. The zero-order valence-electron chi connectivity index (χ0n) is 10.1. The average Bonchev–Trinajstić information content (AvgIpc) is 3.05. The normalized spacial score (nSPS) is 12.9. The minimum absolute atomic E-state index is 0.165. The smallest absolute Gasteiger partial charge is 0.105 e. The van der Waals surface area contributed by atoms with E-state index in [9.17, 15) is 0 Å². The molecule has 5 nitrogen and oxygen atoms in total. The van der Waals surface area contributed by atoms with Gasteiger partial charge in [-0.2, -0.15) is 5.10 Å². The predicted molar refractivity (Wildman–Crippen MR) is 67.2 cm³/mol. The van der Waals surface area contributed by atoms with Crippen LogP contribution < -0.4 is 5.32 Å².